The van der Waals surface area contributed by atoms with Crippen molar-refractivity contribution in [1.29, 1.82) is 0 Å². The van der Waals surface area contributed by atoms with Crippen LogP contribution in [-0.4, -0.2) is 24.8 Å². The molecule has 11 nitrogen and oxygen atoms in total. The zero-order valence-electron chi connectivity index (χ0n) is 13.4. The molecule has 1 aromatic carbocycles. The summed E-state index contributed by atoms with van der Waals surface area (Å²) in [6.45, 7) is 0. The standard InChI is InChI=1S/C15H10ClN7O4/c16-13-11(5-2-6-17-13)21-15-12(23(26)27)14(18-8-19-15)20-9-3-1-4-10(7-9)22(24)25/h1-8H,(H2,18,19,20,21). The first-order valence-corrected chi connectivity index (χ1v) is 7.72. The molecular weight excluding hydrogens is 378 g/mol. The lowest BCUT2D eigenvalue weighted by Gasteiger charge is -2.10. The van der Waals surface area contributed by atoms with Gasteiger partial charge in [0.1, 0.15) is 6.33 Å². The van der Waals surface area contributed by atoms with Crippen LogP contribution in [0.3, 0.4) is 0 Å². The molecule has 0 aliphatic rings. The van der Waals surface area contributed by atoms with Gasteiger partial charge in [-0.15, -0.1) is 0 Å². The minimum absolute atomic E-state index is 0.110. The number of hydrogen-bond donors (Lipinski definition) is 2. The van der Waals surface area contributed by atoms with Gasteiger partial charge in [-0.2, -0.15) is 0 Å². The smallest absolute Gasteiger partial charge is 0.334 e. The molecular formula is C15H10ClN7O4. The van der Waals surface area contributed by atoms with Crippen molar-refractivity contribution in [1.82, 2.24) is 15.0 Å². The molecule has 3 aromatic rings. The average molecular weight is 388 g/mol. The van der Waals surface area contributed by atoms with Crippen molar-refractivity contribution in [2.45, 2.75) is 0 Å². The number of non-ortho nitro benzene ring substituents is 1. The molecule has 2 N–H and O–H groups in total. The summed E-state index contributed by atoms with van der Waals surface area (Å²) in [6, 6.07) is 8.68. The summed E-state index contributed by atoms with van der Waals surface area (Å²) in [5.74, 6) is -0.254. The molecule has 0 amide bonds. The summed E-state index contributed by atoms with van der Waals surface area (Å²) in [6.07, 6.45) is 2.58. The van der Waals surface area contributed by atoms with Crippen molar-refractivity contribution in [2.75, 3.05) is 10.6 Å². The van der Waals surface area contributed by atoms with Gasteiger partial charge in [-0.25, -0.2) is 15.0 Å². The third-order valence-electron chi connectivity index (χ3n) is 3.34. The first-order valence-electron chi connectivity index (χ1n) is 7.34. The summed E-state index contributed by atoms with van der Waals surface area (Å²) in [4.78, 5) is 32.8. The second kappa shape index (κ2) is 7.58. The van der Waals surface area contributed by atoms with Crippen molar-refractivity contribution in [3.05, 3.63) is 74.3 Å². The van der Waals surface area contributed by atoms with Crippen LogP contribution in [0.25, 0.3) is 0 Å². The van der Waals surface area contributed by atoms with Crippen LogP contribution in [0.5, 0.6) is 0 Å². The molecule has 0 aliphatic carbocycles. The summed E-state index contributed by atoms with van der Waals surface area (Å²) >= 11 is 5.96. The van der Waals surface area contributed by atoms with Crippen LogP contribution in [-0.2, 0) is 0 Å². The maximum atomic E-state index is 11.6. The van der Waals surface area contributed by atoms with E-state index in [1.54, 1.807) is 12.1 Å². The number of nitro benzene ring substituents is 1. The van der Waals surface area contributed by atoms with Crippen LogP contribution >= 0.6 is 11.6 Å². The number of pyridine rings is 1. The van der Waals surface area contributed by atoms with Gasteiger partial charge in [-0.3, -0.25) is 20.2 Å². The highest BCUT2D eigenvalue weighted by molar-refractivity contribution is 6.32. The second-order valence-corrected chi connectivity index (χ2v) is 5.43. The first-order chi connectivity index (χ1) is 13.0. The Balaban J connectivity index is 1.99. The monoisotopic (exact) mass is 387 g/mol. The number of nitrogens with one attached hydrogen (secondary N) is 2. The van der Waals surface area contributed by atoms with Crippen molar-refractivity contribution in [3.8, 4) is 0 Å². The molecule has 0 atom stereocenters. The molecule has 0 spiro atoms. The summed E-state index contributed by atoms with van der Waals surface area (Å²) in [5.41, 5.74) is -0.0419. The van der Waals surface area contributed by atoms with E-state index in [4.69, 9.17) is 11.6 Å². The van der Waals surface area contributed by atoms with E-state index >= 15 is 0 Å². The van der Waals surface area contributed by atoms with Crippen LogP contribution in [0.1, 0.15) is 0 Å². The minimum atomic E-state index is -0.674. The predicted octanol–water partition coefficient (Wildman–Crippen LogP) is 3.83. The molecule has 12 heteroatoms. The van der Waals surface area contributed by atoms with Gasteiger partial charge in [-0.1, -0.05) is 17.7 Å². The van der Waals surface area contributed by atoms with Gasteiger partial charge in [0.2, 0.25) is 11.6 Å². The molecule has 136 valence electrons. The van der Waals surface area contributed by atoms with Gasteiger partial charge in [0.15, 0.2) is 5.15 Å². The van der Waals surface area contributed by atoms with Crippen molar-refractivity contribution in [3.63, 3.8) is 0 Å². The maximum absolute atomic E-state index is 11.6. The van der Waals surface area contributed by atoms with Crippen molar-refractivity contribution < 1.29 is 9.85 Å². The molecule has 0 unspecified atom stereocenters. The van der Waals surface area contributed by atoms with Crippen LogP contribution in [0.4, 0.5) is 34.4 Å². The van der Waals surface area contributed by atoms with Gasteiger partial charge in [-0.05, 0) is 18.2 Å². The number of halogens is 1. The number of nitro groups is 2. The van der Waals surface area contributed by atoms with E-state index in [9.17, 15) is 20.2 Å². The van der Waals surface area contributed by atoms with Crippen molar-refractivity contribution in [2.24, 2.45) is 0 Å². The number of anilines is 4. The van der Waals surface area contributed by atoms with E-state index < -0.39 is 15.5 Å². The van der Waals surface area contributed by atoms with E-state index in [1.165, 1.54) is 30.5 Å². The Kier molecular flexibility index (Phi) is 5.04. The summed E-state index contributed by atoms with van der Waals surface area (Å²) in [7, 11) is 0. The normalized spacial score (nSPS) is 10.3. The Morgan fingerprint density at radius 1 is 0.926 bits per heavy atom. The molecule has 0 saturated carbocycles. The van der Waals surface area contributed by atoms with Gasteiger partial charge in [0.25, 0.3) is 5.69 Å². The number of nitrogens with zero attached hydrogens (tertiary/aromatic N) is 5. The van der Waals surface area contributed by atoms with Crippen LogP contribution in [0.2, 0.25) is 5.15 Å². The lowest BCUT2D eigenvalue weighted by Crippen LogP contribution is -2.06. The quantitative estimate of drug-likeness (QED) is 0.365. The van der Waals surface area contributed by atoms with Crippen molar-refractivity contribution >= 4 is 46.0 Å². The van der Waals surface area contributed by atoms with Gasteiger partial charge in [0, 0.05) is 24.0 Å². The molecule has 0 radical (unpaired) electrons. The first kappa shape index (κ1) is 17.9. The maximum Gasteiger partial charge on any atom is 0.353 e. The second-order valence-electron chi connectivity index (χ2n) is 5.08. The molecule has 2 heterocycles. The molecule has 3 rings (SSSR count). The highest BCUT2D eigenvalue weighted by Gasteiger charge is 2.24. The largest absolute Gasteiger partial charge is 0.353 e. The Bertz CT molecular complexity index is 1030. The lowest BCUT2D eigenvalue weighted by atomic mass is 10.2. The summed E-state index contributed by atoms with van der Waals surface area (Å²) < 4.78 is 0. The number of benzene rings is 1. The van der Waals surface area contributed by atoms with E-state index in [0.29, 0.717) is 5.69 Å². The Morgan fingerprint density at radius 3 is 2.33 bits per heavy atom. The fourth-order valence-electron chi connectivity index (χ4n) is 2.18. The fourth-order valence-corrected chi connectivity index (χ4v) is 2.34. The third-order valence-corrected chi connectivity index (χ3v) is 3.64. The average Bonchev–Trinajstić information content (AvgIpc) is 2.64. The highest BCUT2D eigenvalue weighted by atomic mass is 35.5. The zero-order valence-corrected chi connectivity index (χ0v) is 14.1. The molecule has 0 fully saturated rings. The third kappa shape index (κ3) is 4.04. The van der Waals surface area contributed by atoms with Gasteiger partial charge in [0.05, 0.1) is 15.5 Å². The lowest BCUT2D eigenvalue weighted by molar-refractivity contribution is -0.384. The van der Waals surface area contributed by atoms with E-state index in [0.717, 1.165) is 6.33 Å². The number of hydrogen-bond acceptors (Lipinski definition) is 9. The molecule has 0 aliphatic heterocycles. The van der Waals surface area contributed by atoms with E-state index in [-0.39, 0.29) is 28.2 Å². The van der Waals surface area contributed by atoms with Crippen LogP contribution < -0.4 is 10.6 Å². The summed E-state index contributed by atoms with van der Waals surface area (Å²) in [5, 5.41) is 28.0. The topological polar surface area (TPSA) is 149 Å². The predicted molar refractivity (Wildman–Crippen MR) is 97.6 cm³/mol. The zero-order chi connectivity index (χ0) is 19.4. The molecule has 0 bridgehead atoms. The van der Waals surface area contributed by atoms with Crippen LogP contribution in [0, 0.1) is 20.2 Å². The SMILES string of the molecule is O=[N+]([O-])c1cccc(Nc2ncnc(Nc3cccnc3Cl)c2[N+](=O)[O-])c1. The highest BCUT2D eigenvalue weighted by Crippen LogP contribution is 2.34. The molecule has 27 heavy (non-hydrogen) atoms. The molecule has 2 aromatic heterocycles. The Morgan fingerprint density at radius 2 is 1.67 bits per heavy atom. The van der Waals surface area contributed by atoms with Crippen LogP contribution in [0.15, 0.2) is 48.9 Å². The van der Waals surface area contributed by atoms with E-state index in [1.807, 2.05) is 0 Å². The minimum Gasteiger partial charge on any atom is -0.334 e. The Hall–Kier alpha value is -3.86. The fraction of sp³-hybridized carbons (Fsp3) is 0. The number of aromatic nitrogens is 3. The molecule has 0 saturated heterocycles. The van der Waals surface area contributed by atoms with Gasteiger partial charge < -0.3 is 10.6 Å². The Labute approximate surface area is 156 Å². The van der Waals surface area contributed by atoms with E-state index in [2.05, 4.69) is 25.6 Å². The number of rotatable bonds is 6. The van der Waals surface area contributed by atoms with Gasteiger partial charge >= 0.3 is 5.69 Å².